The number of fused-ring (bicyclic) bond motifs is 1. The van der Waals surface area contributed by atoms with Gasteiger partial charge in [0.15, 0.2) is 6.61 Å². The first kappa shape index (κ1) is 21.8. The first-order valence-electron chi connectivity index (χ1n) is 9.76. The van der Waals surface area contributed by atoms with Gasteiger partial charge in [-0.25, -0.2) is 0 Å². The van der Waals surface area contributed by atoms with Crippen molar-refractivity contribution in [2.24, 2.45) is 0 Å². The lowest BCUT2D eigenvalue weighted by Gasteiger charge is -2.17. The van der Waals surface area contributed by atoms with Crippen molar-refractivity contribution < 1.29 is 23.9 Å². The largest absolute Gasteiger partial charge is 0.497 e. The predicted molar refractivity (Wildman–Crippen MR) is 118 cm³/mol. The van der Waals surface area contributed by atoms with Crippen LogP contribution in [-0.4, -0.2) is 50.0 Å². The number of rotatable bonds is 8. The number of carbonyl (C=O) groups is 3. The monoisotopic (exact) mass is 420 g/mol. The maximum Gasteiger partial charge on any atom is 0.310 e. The molecule has 3 aromatic carbocycles. The summed E-state index contributed by atoms with van der Waals surface area (Å²) in [6, 6.07) is 20.4. The summed E-state index contributed by atoms with van der Waals surface area (Å²) >= 11 is 0. The fraction of sp³-hybridized carbons (Fsp3) is 0.208. The van der Waals surface area contributed by atoms with Crippen molar-refractivity contribution in [3.05, 3.63) is 72.3 Å². The lowest BCUT2D eigenvalue weighted by atomic mass is 10.0. The zero-order valence-corrected chi connectivity index (χ0v) is 17.5. The second kappa shape index (κ2) is 10.2. The molecule has 0 radical (unpaired) electrons. The summed E-state index contributed by atoms with van der Waals surface area (Å²) in [6.07, 6.45) is 0.0642. The summed E-state index contributed by atoms with van der Waals surface area (Å²) in [5.74, 6) is -0.725. The van der Waals surface area contributed by atoms with Gasteiger partial charge in [-0.15, -0.1) is 0 Å². The second-order valence-corrected chi connectivity index (χ2v) is 7.01. The maximum atomic E-state index is 12.2. The van der Waals surface area contributed by atoms with E-state index in [0.717, 1.165) is 16.3 Å². The molecule has 0 saturated heterocycles. The van der Waals surface area contributed by atoms with E-state index in [1.54, 1.807) is 24.3 Å². The van der Waals surface area contributed by atoms with E-state index in [0.29, 0.717) is 11.4 Å². The molecule has 1 N–H and O–H groups in total. The number of amides is 2. The third kappa shape index (κ3) is 6.05. The van der Waals surface area contributed by atoms with Crippen LogP contribution in [0.1, 0.15) is 5.56 Å². The van der Waals surface area contributed by atoms with Crippen LogP contribution in [-0.2, 0) is 25.5 Å². The minimum atomic E-state index is -0.501. The van der Waals surface area contributed by atoms with Gasteiger partial charge in [0.05, 0.1) is 20.1 Å². The Kier molecular flexibility index (Phi) is 7.22. The molecule has 0 fully saturated rings. The van der Waals surface area contributed by atoms with Gasteiger partial charge in [-0.05, 0) is 28.5 Å². The number of nitrogens with one attached hydrogen (secondary N) is 1. The van der Waals surface area contributed by atoms with Crippen LogP contribution in [0.15, 0.2) is 66.7 Å². The second-order valence-electron chi connectivity index (χ2n) is 7.01. The van der Waals surface area contributed by atoms with Crippen LogP contribution < -0.4 is 10.1 Å². The van der Waals surface area contributed by atoms with E-state index in [1.165, 1.54) is 19.1 Å². The quantitative estimate of drug-likeness (QED) is 0.566. The molecule has 0 aliphatic rings. The number of benzene rings is 3. The molecule has 0 atom stereocenters. The number of ether oxygens (including phenoxy) is 2. The highest BCUT2D eigenvalue weighted by Gasteiger charge is 2.16. The van der Waals surface area contributed by atoms with Crippen LogP contribution in [0.4, 0.5) is 5.69 Å². The summed E-state index contributed by atoms with van der Waals surface area (Å²) in [6.45, 7) is -0.594. The zero-order chi connectivity index (χ0) is 22.2. The zero-order valence-electron chi connectivity index (χ0n) is 17.5. The Labute approximate surface area is 180 Å². The molecule has 0 bridgehead atoms. The number of methoxy groups -OCH3 is 1. The third-order valence-corrected chi connectivity index (χ3v) is 4.73. The summed E-state index contributed by atoms with van der Waals surface area (Å²) in [5.41, 5.74) is 1.40. The average molecular weight is 420 g/mol. The van der Waals surface area contributed by atoms with Crippen LogP contribution in [0.2, 0.25) is 0 Å². The molecular formula is C24H24N2O5. The van der Waals surface area contributed by atoms with Crippen LogP contribution in [0.5, 0.6) is 5.75 Å². The number of anilines is 1. The third-order valence-electron chi connectivity index (χ3n) is 4.73. The van der Waals surface area contributed by atoms with E-state index < -0.39 is 18.5 Å². The number of esters is 1. The Morgan fingerprint density at radius 3 is 2.52 bits per heavy atom. The Morgan fingerprint density at radius 1 is 0.968 bits per heavy atom. The molecule has 0 unspecified atom stereocenters. The summed E-state index contributed by atoms with van der Waals surface area (Å²) in [5, 5.41) is 4.70. The van der Waals surface area contributed by atoms with Crippen molar-refractivity contribution in [2.75, 3.05) is 32.6 Å². The summed E-state index contributed by atoms with van der Waals surface area (Å²) in [7, 11) is 3.01. The van der Waals surface area contributed by atoms with Crippen molar-refractivity contribution in [1.29, 1.82) is 0 Å². The van der Waals surface area contributed by atoms with Gasteiger partial charge in [-0.1, -0.05) is 48.5 Å². The molecule has 7 heteroatoms. The highest BCUT2D eigenvalue weighted by molar-refractivity contribution is 5.95. The highest BCUT2D eigenvalue weighted by Crippen LogP contribution is 2.19. The van der Waals surface area contributed by atoms with Crippen LogP contribution in [0, 0.1) is 0 Å². The molecule has 3 rings (SSSR count). The van der Waals surface area contributed by atoms with Crippen molar-refractivity contribution in [3.63, 3.8) is 0 Å². The Hall–Kier alpha value is -3.87. The lowest BCUT2D eigenvalue weighted by molar-refractivity contribution is -0.151. The average Bonchev–Trinajstić information content (AvgIpc) is 2.77. The van der Waals surface area contributed by atoms with E-state index in [2.05, 4.69) is 5.32 Å². The van der Waals surface area contributed by atoms with E-state index in [-0.39, 0.29) is 18.9 Å². The van der Waals surface area contributed by atoms with Gasteiger partial charge in [0, 0.05) is 18.8 Å². The van der Waals surface area contributed by atoms with Crippen LogP contribution >= 0.6 is 0 Å². The van der Waals surface area contributed by atoms with Crippen molar-refractivity contribution in [2.45, 2.75) is 6.42 Å². The SMILES string of the molecule is COc1cccc(NC(=O)CN(C)C(=O)COC(=O)Cc2cccc3ccccc23)c1. The van der Waals surface area contributed by atoms with E-state index in [4.69, 9.17) is 9.47 Å². The molecule has 0 saturated carbocycles. The molecule has 0 aromatic heterocycles. The van der Waals surface area contributed by atoms with Gasteiger partial charge in [0.25, 0.3) is 5.91 Å². The number of hydrogen-bond donors (Lipinski definition) is 1. The topological polar surface area (TPSA) is 84.9 Å². The van der Waals surface area contributed by atoms with Crippen molar-refractivity contribution >= 4 is 34.2 Å². The smallest absolute Gasteiger partial charge is 0.310 e. The first-order valence-corrected chi connectivity index (χ1v) is 9.76. The molecule has 31 heavy (non-hydrogen) atoms. The minimum Gasteiger partial charge on any atom is -0.497 e. The van der Waals surface area contributed by atoms with Gasteiger partial charge < -0.3 is 19.7 Å². The van der Waals surface area contributed by atoms with Crippen molar-refractivity contribution in [3.8, 4) is 5.75 Å². The molecule has 0 aliphatic carbocycles. The molecule has 3 aromatic rings. The Balaban J connectivity index is 1.48. The lowest BCUT2D eigenvalue weighted by Crippen LogP contribution is -2.37. The van der Waals surface area contributed by atoms with E-state index in [9.17, 15) is 14.4 Å². The number of nitrogens with zero attached hydrogens (tertiary/aromatic N) is 1. The first-order chi connectivity index (χ1) is 15.0. The predicted octanol–water partition coefficient (Wildman–Crippen LogP) is 3.03. The van der Waals surface area contributed by atoms with Gasteiger partial charge in [0.1, 0.15) is 5.75 Å². The van der Waals surface area contributed by atoms with E-state index in [1.807, 2.05) is 42.5 Å². The van der Waals surface area contributed by atoms with Gasteiger partial charge in [-0.2, -0.15) is 0 Å². The standard InChI is InChI=1S/C24H24N2O5/c1-26(15-22(27)25-19-10-6-11-20(14-19)30-2)23(28)16-31-24(29)13-18-9-5-8-17-7-3-4-12-21(17)18/h3-12,14H,13,15-16H2,1-2H3,(H,25,27). The number of carbonyl (C=O) groups excluding carboxylic acids is 3. The Morgan fingerprint density at radius 2 is 1.71 bits per heavy atom. The molecule has 160 valence electrons. The maximum absolute atomic E-state index is 12.2. The summed E-state index contributed by atoms with van der Waals surface area (Å²) in [4.78, 5) is 37.9. The fourth-order valence-electron chi connectivity index (χ4n) is 3.11. The van der Waals surface area contributed by atoms with Crippen LogP contribution in [0.25, 0.3) is 10.8 Å². The van der Waals surface area contributed by atoms with E-state index >= 15 is 0 Å². The fourth-order valence-corrected chi connectivity index (χ4v) is 3.11. The molecule has 0 aliphatic heterocycles. The Bertz CT molecular complexity index is 1090. The van der Waals surface area contributed by atoms with Gasteiger partial charge in [-0.3, -0.25) is 14.4 Å². The number of hydrogen-bond acceptors (Lipinski definition) is 5. The van der Waals surface area contributed by atoms with Gasteiger partial charge >= 0.3 is 5.97 Å². The van der Waals surface area contributed by atoms with Gasteiger partial charge in [0.2, 0.25) is 5.91 Å². The molecule has 0 spiro atoms. The molecule has 0 heterocycles. The normalized spacial score (nSPS) is 10.4. The molecular weight excluding hydrogens is 396 g/mol. The van der Waals surface area contributed by atoms with Crippen molar-refractivity contribution in [1.82, 2.24) is 4.90 Å². The number of likely N-dealkylation sites (N-methyl/N-ethyl adjacent to an activating group) is 1. The summed E-state index contributed by atoms with van der Waals surface area (Å²) < 4.78 is 10.2. The van der Waals surface area contributed by atoms with Crippen LogP contribution in [0.3, 0.4) is 0 Å². The highest BCUT2D eigenvalue weighted by atomic mass is 16.5. The molecule has 7 nitrogen and oxygen atoms in total. The molecule has 2 amide bonds. The minimum absolute atomic E-state index is 0.0642.